The summed E-state index contributed by atoms with van der Waals surface area (Å²) in [5.41, 5.74) is -0.126. The highest BCUT2D eigenvalue weighted by molar-refractivity contribution is 5.22. The molecular formula is C12H12F3N5. The topological polar surface area (TPSA) is 55.6 Å². The number of nitrogens with zero attached hydrogens (tertiary/aromatic N) is 4. The van der Waals surface area contributed by atoms with Gasteiger partial charge in [0.25, 0.3) is 0 Å². The lowest BCUT2D eigenvalue weighted by molar-refractivity contribution is -0.137. The minimum atomic E-state index is -4.41. The molecule has 0 amide bonds. The minimum absolute atomic E-state index is 0.274. The third-order valence-electron chi connectivity index (χ3n) is 2.97. The summed E-state index contributed by atoms with van der Waals surface area (Å²) in [6, 6.07) is 0.530. The molecule has 0 radical (unpaired) electrons. The number of halogens is 3. The lowest BCUT2D eigenvalue weighted by Crippen LogP contribution is -2.17. The Morgan fingerprint density at radius 2 is 2.05 bits per heavy atom. The lowest BCUT2D eigenvalue weighted by atomic mass is 10.3. The standard InChI is InChI=1S/C12H12F3N5/c13-12(14,15)8-3-18-20(7-8)11-6-16-4-10(19-11)5-17-9-1-2-9/h3-4,6-7,9,17H,1-2,5H2. The molecule has 0 unspecified atom stereocenters. The Balaban J connectivity index is 1.78. The Labute approximate surface area is 112 Å². The summed E-state index contributed by atoms with van der Waals surface area (Å²) in [7, 11) is 0. The van der Waals surface area contributed by atoms with Crippen LogP contribution in [0.5, 0.6) is 0 Å². The van der Waals surface area contributed by atoms with Crippen LogP contribution < -0.4 is 5.32 Å². The van der Waals surface area contributed by atoms with Crippen molar-refractivity contribution >= 4 is 0 Å². The third kappa shape index (κ3) is 2.96. The fraction of sp³-hybridized carbons (Fsp3) is 0.417. The molecule has 5 nitrogen and oxygen atoms in total. The van der Waals surface area contributed by atoms with E-state index in [2.05, 4.69) is 20.4 Å². The molecule has 0 spiro atoms. The van der Waals surface area contributed by atoms with E-state index in [0.717, 1.165) is 29.9 Å². The quantitative estimate of drug-likeness (QED) is 0.931. The summed E-state index contributed by atoms with van der Waals surface area (Å²) < 4.78 is 38.6. The van der Waals surface area contributed by atoms with Crippen LogP contribution in [0.3, 0.4) is 0 Å². The first-order valence-corrected chi connectivity index (χ1v) is 6.19. The van der Waals surface area contributed by atoms with Gasteiger partial charge in [0, 0.05) is 25.0 Å². The molecule has 0 saturated heterocycles. The highest BCUT2D eigenvalue weighted by Crippen LogP contribution is 2.28. The molecule has 20 heavy (non-hydrogen) atoms. The predicted molar refractivity (Wildman–Crippen MR) is 64.0 cm³/mol. The molecule has 8 heteroatoms. The molecule has 2 aromatic heterocycles. The van der Waals surface area contributed by atoms with Crippen LogP contribution in [-0.4, -0.2) is 25.8 Å². The van der Waals surface area contributed by atoms with Gasteiger partial charge in [-0.2, -0.15) is 18.3 Å². The van der Waals surface area contributed by atoms with Gasteiger partial charge in [-0.25, -0.2) is 9.67 Å². The van der Waals surface area contributed by atoms with Gasteiger partial charge in [0.2, 0.25) is 0 Å². The normalized spacial score (nSPS) is 15.6. The third-order valence-corrected chi connectivity index (χ3v) is 2.97. The molecule has 2 aromatic rings. The molecule has 1 N–H and O–H groups in total. The van der Waals surface area contributed by atoms with Gasteiger partial charge in [-0.05, 0) is 12.8 Å². The van der Waals surface area contributed by atoms with Crippen molar-refractivity contribution in [2.75, 3.05) is 0 Å². The monoisotopic (exact) mass is 283 g/mol. The van der Waals surface area contributed by atoms with Crippen LogP contribution in [-0.2, 0) is 12.7 Å². The molecule has 0 atom stereocenters. The summed E-state index contributed by atoms with van der Waals surface area (Å²) in [5.74, 6) is 0.274. The molecule has 3 rings (SSSR count). The van der Waals surface area contributed by atoms with E-state index in [0.29, 0.717) is 18.3 Å². The van der Waals surface area contributed by atoms with Gasteiger partial charge in [-0.1, -0.05) is 0 Å². The summed E-state index contributed by atoms with van der Waals surface area (Å²) in [5, 5.41) is 6.94. The summed E-state index contributed by atoms with van der Waals surface area (Å²) in [4.78, 5) is 8.23. The smallest absolute Gasteiger partial charge is 0.308 e. The maximum Gasteiger partial charge on any atom is 0.419 e. The average molecular weight is 283 g/mol. The van der Waals surface area contributed by atoms with Crippen molar-refractivity contribution in [3.63, 3.8) is 0 Å². The molecule has 1 fully saturated rings. The average Bonchev–Trinajstić information content (AvgIpc) is 3.09. The van der Waals surface area contributed by atoms with Crippen molar-refractivity contribution < 1.29 is 13.2 Å². The maximum atomic E-state index is 12.5. The van der Waals surface area contributed by atoms with Gasteiger partial charge in [-0.15, -0.1) is 0 Å². The van der Waals surface area contributed by atoms with Gasteiger partial charge in [0.1, 0.15) is 0 Å². The molecule has 106 valence electrons. The van der Waals surface area contributed by atoms with E-state index in [4.69, 9.17) is 0 Å². The van der Waals surface area contributed by atoms with Crippen molar-refractivity contribution in [1.29, 1.82) is 0 Å². The largest absolute Gasteiger partial charge is 0.419 e. The highest BCUT2D eigenvalue weighted by atomic mass is 19.4. The molecule has 0 bridgehead atoms. The van der Waals surface area contributed by atoms with Crippen molar-refractivity contribution in [3.05, 3.63) is 36.0 Å². The van der Waals surface area contributed by atoms with E-state index in [9.17, 15) is 13.2 Å². The van der Waals surface area contributed by atoms with Crippen LogP contribution in [0.25, 0.3) is 5.82 Å². The number of hydrogen-bond acceptors (Lipinski definition) is 4. The second-order valence-electron chi connectivity index (χ2n) is 4.70. The van der Waals surface area contributed by atoms with Gasteiger partial charge < -0.3 is 5.32 Å². The predicted octanol–water partition coefficient (Wildman–Crippen LogP) is 1.93. The number of rotatable bonds is 4. The van der Waals surface area contributed by atoms with Gasteiger partial charge in [0.05, 0.1) is 23.7 Å². The fourth-order valence-electron chi connectivity index (χ4n) is 1.72. The molecule has 1 aliphatic rings. The second-order valence-corrected chi connectivity index (χ2v) is 4.70. The Kier molecular flexibility index (Phi) is 3.17. The van der Waals surface area contributed by atoms with E-state index in [1.807, 2.05) is 0 Å². The Morgan fingerprint density at radius 1 is 1.25 bits per heavy atom. The molecule has 1 aliphatic carbocycles. The van der Waals surface area contributed by atoms with Crippen LogP contribution >= 0.6 is 0 Å². The Bertz CT molecular complexity index is 603. The molecule has 0 aromatic carbocycles. The molecule has 0 aliphatic heterocycles. The van der Waals surface area contributed by atoms with Crippen LogP contribution in [0.2, 0.25) is 0 Å². The van der Waals surface area contributed by atoms with Gasteiger partial charge in [-0.3, -0.25) is 4.98 Å². The first-order valence-electron chi connectivity index (χ1n) is 6.19. The zero-order chi connectivity index (χ0) is 14.2. The zero-order valence-corrected chi connectivity index (χ0v) is 10.4. The van der Waals surface area contributed by atoms with E-state index >= 15 is 0 Å². The Hall–Kier alpha value is -1.96. The van der Waals surface area contributed by atoms with Crippen molar-refractivity contribution in [1.82, 2.24) is 25.1 Å². The van der Waals surface area contributed by atoms with E-state index in [1.165, 1.54) is 6.20 Å². The number of hydrogen-bond donors (Lipinski definition) is 1. The summed E-state index contributed by atoms with van der Waals surface area (Å²) in [6.45, 7) is 0.554. The van der Waals surface area contributed by atoms with Crippen molar-refractivity contribution in [2.24, 2.45) is 0 Å². The van der Waals surface area contributed by atoms with Crippen molar-refractivity contribution in [3.8, 4) is 5.82 Å². The zero-order valence-electron chi connectivity index (χ0n) is 10.4. The summed E-state index contributed by atoms with van der Waals surface area (Å²) >= 11 is 0. The van der Waals surface area contributed by atoms with Crippen molar-refractivity contribution in [2.45, 2.75) is 31.6 Å². The molecular weight excluding hydrogens is 271 g/mol. The second kappa shape index (κ2) is 4.86. The first kappa shape index (κ1) is 13.0. The Morgan fingerprint density at radius 3 is 2.70 bits per heavy atom. The number of alkyl halides is 3. The first-order chi connectivity index (χ1) is 9.52. The number of aromatic nitrogens is 4. The van der Waals surface area contributed by atoms with Crippen LogP contribution in [0.4, 0.5) is 13.2 Å². The van der Waals surface area contributed by atoms with Crippen LogP contribution in [0.1, 0.15) is 24.1 Å². The van der Waals surface area contributed by atoms with Crippen LogP contribution in [0, 0.1) is 0 Å². The minimum Gasteiger partial charge on any atom is -0.308 e. The maximum absolute atomic E-state index is 12.5. The molecule has 1 saturated carbocycles. The van der Waals surface area contributed by atoms with E-state index in [-0.39, 0.29) is 5.82 Å². The van der Waals surface area contributed by atoms with E-state index in [1.54, 1.807) is 6.20 Å². The molecule has 2 heterocycles. The highest BCUT2D eigenvalue weighted by Gasteiger charge is 2.32. The van der Waals surface area contributed by atoms with E-state index < -0.39 is 11.7 Å². The van der Waals surface area contributed by atoms with Gasteiger partial charge in [0.15, 0.2) is 5.82 Å². The lowest BCUT2D eigenvalue weighted by Gasteiger charge is -2.05. The van der Waals surface area contributed by atoms with Crippen LogP contribution in [0.15, 0.2) is 24.8 Å². The summed E-state index contributed by atoms with van der Waals surface area (Å²) in [6.07, 6.45) is 2.55. The van der Waals surface area contributed by atoms with Gasteiger partial charge >= 0.3 is 6.18 Å². The SMILES string of the molecule is FC(F)(F)c1cnn(-c2cncc(CNC3CC3)n2)c1. The number of nitrogens with one attached hydrogen (secondary N) is 1. The fourth-order valence-corrected chi connectivity index (χ4v) is 1.72.